The largest absolute Gasteiger partial charge is 0.459 e. The van der Waals surface area contributed by atoms with Gasteiger partial charge in [0.25, 0.3) is 0 Å². The van der Waals surface area contributed by atoms with Crippen molar-refractivity contribution in [1.29, 1.82) is 0 Å². The lowest BCUT2D eigenvalue weighted by Gasteiger charge is -2.59. The number of allylic oxidation sites excluding steroid dienone is 1. The molecule has 6 atom stereocenters. The van der Waals surface area contributed by atoms with E-state index in [0.29, 0.717) is 56.1 Å². The molecule has 3 aliphatic rings. The summed E-state index contributed by atoms with van der Waals surface area (Å²) < 4.78 is 26.5. The number of hydrogen-bond acceptors (Lipinski definition) is 9. The molecule has 1 fully saturated rings. The molecule has 6 rings (SSSR count). The molecule has 306 valence electrons. The predicted molar refractivity (Wildman–Crippen MR) is 223 cm³/mol. The fourth-order valence-electron chi connectivity index (χ4n) is 9.16. The van der Waals surface area contributed by atoms with E-state index < -0.39 is 23.8 Å². The maximum atomic E-state index is 13.9. The molecule has 1 saturated carbocycles. The van der Waals surface area contributed by atoms with Gasteiger partial charge in [0.15, 0.2) is 0 Å². The molecular weight excluding hydrogens is 721 g/mol. The molecule has 0 bridgehead atoms. The van der Waals surface area contributed by atoms with Crippen LogP contribution in [-0.4, -0.2) is 78.3 Å². The molecule has 10 nitrogen and oxygen atoms in total. The first-order chi connectivity index (χ1) is 27.9. The van der Waals surface area contributed by atoms with Gasteiger partial charge in [0.2, 0.25) is 5.79 Å². The van der Waals surface area contributed by atoms with Crippen LogP contribution in [0.3, 0.4) is 0 Å². The number of benzene rings is 3. The summed E-state index contributed by atoms with van der Waals surface area (Å²) in [5, 5.41) is 24.5. The Labute approximate surface area is 338 Å². The van der Waals surface area contributed by atoms with Crippen molar-refractivity contribution in [3.8, 4) is 28.4 Å². The lowest BCUT2D eigenvalue weighted by Crippen LogP contribution is -2.70. The van der Waals surface area contributed by atoms with Crippen LogP contribution in [0.25, 0.3) is 11.1 Å². The summed E-state index contributed by atoms with van der Waals surface area (Å²) in [7, 11) is 0. The highest BCUT2D eigenvalue weighted by molar-refractivity contribution is 6.03. The number of amides is 1. The number of carbonyl (C=O) groups is 1. The fraction of sp³-hybridized carbons (Fsp3) is 0.489. The number of aliphatic hydroxyl groups excluding tert-OH is 2. The monoisotopic (exact) mass is 780 g/mol. The highest BCUT2D eigenvalue weighted by atomic mass is 16.7. The second kappa shape index (κ2) is 20.2. The van der Waals surface area contributed by atoms with Crippen molar-refractivity contribution < 1.29 is 38.8 Å². The van der Waals surface area contributed by atoms with Crippen molar-refractivity contribution in [2.75, 3.05) is 39.6 Å². The Kier molecular flexibility index (Phi) is 14.9. The number of hydrogen-bond donors (Lipinski definition) is 2. The SMILES string of the molecule is C=CCOC12Oc3ccc(Oc4ccc(-c5ccccc5)cc4)cc3C3C(CCCCO)C(CCCCO)C=C(C(=NOCC)CC1N(CCC)C(=O)OCC)C32. The number of ether oxygens (including phenoxy) is 4. The van der Waals surface area contributed by atoms with Gasteiger partial charge in [-0.1, -0.05) is 79.5 Å². The summed E-state index contributed by atoms with van der Waals surface area (Å²) in [6, 6.07) is 23.8. The summed E-state index contributed by atoms with van der Waals surface area (Å²) in [5.41, 5.74) is 5.00. The third-order valence-electron chi connectivity index (χ3n) is 11.5. The van der Waals surface area contributed by atoms with E-state index in [-0.39, 0.29) is 44.2 Å². The minimum atomic E-state index is -1.33. The van der Waals surface area contributed by atoms with Gasteiger partial charge in [-0.05, 0) is 105 Å². The van der Waals surface area contributed by atoms with E-state index in [4.69, 9.17) is 28.9 Å². The van der Waals surface area contributed by atoms with Crippen LogP contribution in [0.5, 0.6) is 17.2 Å². The molecule has 3 aromatic carbocycles. The van der Waals surface area contributed by atoms with Crippen molar-refractivity contribution in [2.45, 2.75) is 89.9 Å². The average Bonchev–Trinajstić information content (AvgIpc) is 3.23. The molecule has 10 heteroatoms. The lowest BCUT2D eigenvalue weighted by molar-refractivity contribution is -0.255. The summed E-state index contributed by atoms with van der Waals surface area (Å²) in [6.45, 7) is 11.3. The highest BCUT2D eigenvalue weighted by Gasteiger charge is 2.65. The van der Waals surface area contributed by atoms with E-state index in [1.165, 1.54) is 0 Å². The Morgan fingerprint density at radius 2 is 1.65 bits per heavy atom. The standard InChI is InChI=1S/C47H60N2O8/c1-5-26-49(46(52)53-7-3)43-32-41(48-55-8-4)39-30-35(18-12-14-27-50)38(19-13-15-28-51)44-40-31-37(24-25-42(40)57-47(43,45(39)44)54-29-6-2)56-36-22-20-34(21-23-36)33-16-10-9-11-17-33/h6,9-11,16-17,20-25,30-31,35,38,43-45,50-51H,2,5,7-8,12-15,18-19,26-29,32H2,1,3-4H3. The molecule has 1 aliphatic heterocycles. The second-order valence-corrected chi connectivity index (χ2v) is 15.1. The summed E-state index contributed by atoms with van der Waals surface area (Å²) in [5.74, 6) is 0.426. The maximum absolute atomic E-state index is 13.9. The van der Waals surface area contributed by atoms with E-state index in [9.17, 15) is 15.0 Å². The molecule has 3 aromatic rings. The molecule has 0 radical (unpaired) electrons. The van der Waals surface area contributed by atoms with Crippen LogP contribution in [0, 0.1) is 17.8 Å². The third kappa shape index (κ3) is 9.24. The Balaban J connectivity index is 1.53. The Morgan fingerprint density at radius 1 is 0.930 bits per heavy atom. The van der Waals surface area contributed by atoms with Gasteiger partial charge in [0.05, 0.1) is 24.8 Å². The molecule has 2 N–H and O–H groups in total. The summed E-state index contributed by atoms with van der Waals surface area (Å²) >= 11 is 0. The van der Waals surface area contributed by atoms with Crippen LogP contribution in [0.4, 0.5) is 4.79 Å². The van der Waals surface area contributed by atoms with Crippen molar-refractivity contribution >= 4 is 11.8 Å². The molecular formula is C47H60N2O8. The van der Waals surface area contributed by atoms with Gasteiger partial charge in [0.1, 0.15) is 29.9 Å². The number of oxime groups is 1. The third-order valence-corrected chi connectivity index (χ3v) is 11.5. The van der Waals surface area contributed by atoms with Crippen LogP contribution < -0.4 is 9.47 Å². The van der Waals surface area contributed by atoms with Crippen molar-refractivity contribution in [3.63, 3.8) is 0 Å². The molecule has 0 spiro atoms. The van der Waals surface area contributed by atoms with Gasteiger partial charge in [-0.15, -0.1) is 6.58 Å². The first-order valence-electron chi connectivity index (χ1n) is 20.9. The maximum Gasteiger partial charge on any atom is 0.410 e. The van der Waals surface area contributed by atoms with Crippen LogP contribution >= 0.6 is 0 Å². The van der Waals surface area contributed by atoms with Gasteiger partial charge >= 0.3 is 6.09 Å². The highest BCUT2D eigenvalue weighted by Crippen LogP contribution is 2.62. The minimum absolute atomic E-state index is 0.105. The smallest absolute Gasteiger partial charge is 0.410 e. The predicted octanol–water partition coefficient (Wildman–Crippen LogP) is 9.67. The van der Waals surface area contributed by atoms with Gasteiger partial charge < -0.3 is 34.0 Å². The Hall–Kier alpha value is -4.64. The summed E-state index contributed by atoms with van der Waals surface area (Å²) in [6.07, 6.45) is 9.46. The fourth-order valence-corrected chi connectivity index (χ4v) is 9.16. The van der Waals surface area contributed by atoms with Gasteiger partial charge in [-0.3, -0.25) is 4.90 Å². The molecule has 57 heavy (non-hydrogen) atoms. The first kappa shape index (κ1) is 42.0. The van der Waals surface area contributed by atoms with E-state index in [0.717, 1.165) is 53.7 Å². The zero-order valence-corrected chi connectivity index (χ0v) is 33.8. The first-order valence-corrected chi connectivity index (χ1v) is 20.9. The quantitative estimate of drug-likeness (QED) is 0.0661. The topological polar surface area (TPSA) is 119 Å². The normalized spacial score (nSPS) is 24.1. The number of nitrogens with zero attached hydrogens (tertiary/aromatic N) is 2. The zero-order chi connectivity index (χ0) is 40.2. The van der Waals surface area contributed by atoms with Crippen LogP contribution in [0.1, 0.15) is 83.6 Å². The van der Waals surface area contributed by atoms with E-state index in [1.54, 1.807) is 11.0 Å². The Morgan fingerprint density at radius 3 is 2.33 bits per heavy atom. The molecule has 1 amide bonds. The molecule has 6 unspecified atom stereocenters. The lowest BCUT2D eigenvalue weighted by atomic mass is 9.55. The van der Waals surface area contributed by atoms with Crippen molar-refractivity contribution in [2.24, 2.45) is 22.9 Å². The van der Waals surface area contributed by atoms with Gasteiger partial charge in [0, 0.05) is 37.7 Å². The van der Waals surface area contributed by atoms with E-state index in [1.807, 2.05) is 63.2 Å². The van der Waals surface area contributed by atoms with Crippen molar-refractivity contribution in [1.82, 2.24) is 4.90 Å². The number of fused-ring (bicyclic) bond motifs is 2. The molecule has 0 aromatic heterocycles. The van der Waals surface area contributed by atoms with Crippen LogP contribution in [0.15, 0.2) is 102 Å². The van der Waals surface area contributed by atoms with Gasteiger partial charge in [-0.25, -0.2) is 4.79 Å². The number of carbonyl (C=O) groups excluding carboxylic acids is 1. The number of aliphatic hydroxyl groups is 2. The second-order valence-electron chi connectivity index (χ2n) is 15.1. The van der Waals surface area contributed by atoms with Crippen LogP contribution in [0.2, 0.25) is 0 Å². The van der Waals surface area contributed by atoms with Gasteiger partial charge in [-0.2, -0.15) is 0 Å². The molecule has 0 saturated heterocycles. The summed E-state index contributed by atoms with van der Waals surface area (Å²) in [4.78, 5) is 21.5. The van der Waals surface area contributed by atoms with Crippen LogP contribution in [-0.2, 0) is 14.3 Å². The van der Waals surface area contributed by atoms with E-state index >= 15 is 0 Å². The molecule has 2 aliphatic carbocycles. The minimum Gasteiger partial charge on any atom is -0.459 e. The molecule has 1 heterocycles. The van der Waals surface area contributed by atoms with Crippen molar-refractivity contribution in [3.05, 3.63) is 103 Å². The van der Waals surface area contributed by atoms with E-state index in [2.05, 4.69) is 43.0 Å². The Bertz CT molecular complexity index is 1830. The number of rotatable bonds is 20. The zero-order valence-electron chi connectivity index (χ0n) is 33.8. The number of unbranched alkanes of at least 4 members (excludes halogenated alkanes) is 2. The average molecular weight is 781 g/mol.